The van der Waals surface area contributed by atoms with E-state index in [2.05, 4.69) is 24.1 Å². The molecular formula is C14H26N2O2. The predicted octanol–water partition coefficient (Wildman–Crippen LogP) is 1.56. The molecule has 0 radical (unpaired) electrons. The largest absolute Gasteiger partial charge is 0.480 e. The van der Waals surface area contributed by atoms with Gasteiger partial charge in [-0.15, -0.1) is 0 Å². The third kappa shape index (κ3) is 2.41. The molecule has 2 aliphatic rings. The van der Waals surface area contributed by atoms with Crippen LogP contribution in [0.15, 0.2) is 0 Å². The predicted molar refractivity (Wildman–Crippen MR) is 71.6 cm³/mol. The van der Waals surface area contributed by atoms with Crippen molar-refractivity contribution in [2.75, 3.05) is 19.6 Å². The Labute approximate surface area is 110 Å². The monoisotopic (exact) mass is 254 g/mol. The summed E-state index contributed by atoms with van der Waals surface area (Å²) < 4.78 is 0. The van der Waals surface area contributed by atoms with Crippen LogP contribution in [0.1, 0.15) is 40.0 Å². The molecule has 0 aromatic heterocycles. The highest BCUT2D eigenvalue weighted by Crippen LogP contribution is 2.36. The van der Waals surface area contributed by atoms with Gasteiger partial charge in [-0.1, -0.05) is 20.8 Å². The number of carboxylic acids is 1. The minimum Gasteiger partial charge on any atom is -0.480 e. The van der Waals surface area contributed by atoms with E-state index in [1.807, 2.05) is 6.92 Å². The van der Waals surface area contributed by atoms with Crippen LogP contribution in [-0.2, 0) is 4.79 Å². The summed E-state index contributed by atoms with van der Waals surface area (Å²) in [6, 6.07) is 0.451. The lowest BCUT2D eigenvalue weighted by molar-refractivity contribution is -0.144. The topological polar surface area (TPSA) is 52.6 Å². The Morgan fingerprint density at radius 1 is 1.39 bits per heavy atom. The van der Waals surface area contributed by atoms with E-state index >= 15 is 0 Å². The van der Waals surface area contributed by atoms with Gasteiger partial charge in [0.1, 0.15) is 5.54 Å². The standard InChI is InChI=1S/C14H26N2O2/c1-4-15-14(13(17)18)6-5-12(7-14)16-8-10(2)11(3)9-16/h10-12,15H,4-9H2,1-3H3,(H,17,18). The van der Waals surface area contributed by atoms with Crippen molar-refractivity contribution in [2.45, 2.75) is 51.6 Å². The Kier molecular flexibility index (Phi) is 3.97. The van der Waals surface area contributed by atoms with Crippen LogP contribution in [0.2, 0.25) is 0 Å². The van der Waals surface area contributed by atoms with Gasteiger partial charge in [-0.2, -0.15) is 0 Å². The van der Waals surface area contributed by atoms with E-state index in [0.717, 1.165) is 50.7 Å². The summed E-state index contributed by atoms with van der Waals surface area (Å²) in [4.78, 5) is 14.0. The van der Waals surface area contributed by atoms with Gasteiger partial charge in [-0.25, -0.2) is 0 Å². The molecule has 104 valence electrons. The van der Waals surface area contributed by atoms with Crippen molar-refractivity contribution in [2.24, 2.45) is 11.8 Å². The first kappa shape index (κ1) is 13.8. The number of carbonyl (C=O) groups is 1. The number of likely N-dealkylation sites (N-methyl/N-ethyl adjacent to an activating group) is 1. The maximum absolute atomic E-state index is 11.5. The minimum atomic E-state index is -0.674. The second kappa shape index (κ2) is 5.17. The highest BCUT2D eigenvalue weighted by molar-refractivity contribution is 5.79. The van der Waals surface area contributed by atoms with Crippen molar-refractivity contribution >= 4 is 5.97 Å². The van der Waals surface area contributed by atoms with Gasteiger partial charge in [0.2, 0.25) is 0 Å². The zero-order valence-corrected chi connectivity index (χ0v) is 11.8. The lowest BCUT2D eigenvalue weighted by atomic mass is 9.97. The van der Waals surface area contributed by atoms with Crippen LogP contribution in [-0.4, -0.2) is 47.2 Å². The molecule has 0 bridgehead atoms. The molecule has 4 atom stereocenters. The van der Waals surface area contributed by atoms with Crippen molar-refractivity contribution in [3.8, 4) is 0 Å². The van der Waals surface area contributed by atoms with Crippen LogP contribution in [0.5, 0.6) is 0 Å². The maximum atomic E-state index is 11.5. The number of rotatable bonds is 4. The van der Waals surface area contributed by atoms with E-state index in [1.165, 1.54) is 0 Å². The first-order valence-corrected chi connectivity index (χ1v) is 7.21. The minimum absolute atomic E-state index is 0.451. The number of nitrogens with one attached hydrogen (secondary N) is 1. The van der Waals surface area contributed by atoms with Crippen molar-refractivity contribution in [3.05, 3.63) is 0 Å². The van der Waals surface area contributed by atoms with Crippen LogP contribution in [0.25, 0.3) is 0 Å². The molecule has 0 amide bonds. The summed E-state index contributed by atoms with van der Waals surface area (Å²) >= 11 is 0. The molecule has 1 aliphatic carbocycles. The second-order valence-corrected chi connectivity index (χ2v) is 6.22. The van der Waals surface area contributed by atoms with Gasteiger partial charge in [0.15, 0.2) is 0 Å². The summed E-state index contributed by atoms with van der Waals surface area (Å²) in [6.45, 7) is 9.58. The van der Waals surface area contributed by atoms with E-state index in [1.54, 1.807) is 0 Å². The zero-order valence-electron chi connectivity index (χ0n) is 11.8. The maximum Gasteiger partial charge on any atom is 0.323 e. The molecule has 2 fully saturated rings. The molecule has 1 saturated heterocycles. The van der Waals surface area contributed by atoms with E-state index < -0.39 is 11.5 Å². The highest BCUT2D eigenvalue weighted by Gasteiger charge is 2.47. The zero-order chi connectivity index (χ0) is 13.3. The number of aliphatic carboxylic acids is 1. The Morgan fingerprint density at radius 3 is 2.50 bits per heavy atom. The summed E-state index contributed by atoms with van der Waals surface area (Å²) in [5.74, 6) is 0.806. The Bertz CT molecular complexity index is 311. The Morgan fingerprint density at radius 2 is 2.00 bits per heavy atom. The van der Waals surface area contributed by atoms with Crippen molar-refractivity contribution in [3.63, 3.8) is 0 Å². The summed E-state index contributed by atoms with van der Waals surface area (Å²) in [6.07, 6.45) is 2.54. The van der Waals surface area contributed by atoms with Gasteiger partial charge in [0.05, 0.1) is 0 Å². The smallest absolute Gasteiger partial charge is 0.323 e. The van der Waals surface area contributed by atoms with Crippen LogP contribution < -0.4 is 5.32 Å². The fourth-order valence-corrected chi connectivity index (χ4v) is 3.57. The van der Waals surface area contributed by atoms with E-state index in [0.29, 0.717) is 6.04 Å². The number of carboxylic acid groups (broad SMARTS) is 1. The van der Waals surface area contributed by atoms with Crippen LogP contribution in [0.4, 0.5) is 0 Å². The molecule has 2 rings (SSSR count). The first-order valence-electron chi connectivity index (χ1n) is 7.21. The third-order valence-corrected chi connectivity index (χ3v) is 4.95. The van der Waals surface area contributed by atoms with Crippen molar-refractivity contribution in [1.29, 1.82) is 0 Å². The fourth-order valence-electron chi connectivity index (χ4n) is 3.57. The molecule has 1 saturated carbocycles. The molecular weight excluding hydrogens is 228 g/mol. The molecule has 4 nitrogen and oxygen atoms in total. The molecule has 18 heavy (non-hydrogen) atoms. The van der Waals surface area contributed by atoms with Gasteiger partial charge in [-0.05, 0) is 37.6 Å². The number of nitrogens with zero attached hydrogens (tertiary/aromatic N) is 1. The molecule has 4 unspecified atom stereocenters. The molecule has 4 heteroatoms. The summed E-state index contributed by atoms with van der Waals surface area (Å²) in [7, 11) is 0. The van der Waals surface area contributed by atoms with Crippen LogP contribution >= 0.6 is 0 Å². The molecule has 0 aromatic carbocycles. The highest BCUT2D eigenvalue weighted by atomic mass is 16.4. The average molecular weight is 254 g/mol. The molecule has 2 N–H and O–H groups in total. The van der Waals surface area contributed by atoms with E-state index in [9.17, 15) is 9.90 Å². The van der Waals surface area contributed by atoms with Crippen molar-refractivity contribution < 1.29 is 9.90 Å². The van der Waals surface area contributed by atoms with Crippen molar-refractivity contribution in [1.82, 2.24) is 10.2 Å². The first-order chi connectivity index (χ1) is 8.48. The summed E-state index contributed by atoms with van der Waals surface area (Å²) in [5.41, 5.74) is -0.672. The van der Waals surface area contributed by atoms with Gasteiger partial charge >= 0.3 is 5.97 Å². The Hall–Kier alpha value is -0.610. The Balaban J connectivity index is 2.01. The lowest BCUT2D eigenvalue weighted by Crippen LogP contribution is -2.51. The average Bonchev–Trinajstić information content (AvgIpc) is 2.86. The molecule has 1 aliphatic heterocycles. The van der Waals surface area contributed by atoms with Crippen LogP contribution in [0, 0.1) is 11.8 Å². The number of hydrogen-bond acceptors (Lipinski definition) is 3. The SMILES string of the molecule is CCNC1(C(=O)O)CCC(N2CC(C)C(C)C2)C1. The number of hydrogen-bond donors (Lipinski definition) is 2. The third-order valence-electron chi connectivity index (χ3n) is 4.95. The van der Waals surface area contributed by atoms with E-state index in [4.69, 9.17) is 0 Å². The quantitative estimate of drug-likeness (QED) is 0.799. The molecule has 0 spiro atoms. The van der Waals surface area contributed by atoms with Crippen LogP contribution in [0.3, 0.4) is 0 Å². The van der Waals surface area contributed by atoms with Gasteiger partial charge in [0.25, 0.3) is 0 Å². The van der Waals surface area contributed by atoms with E-state index in [-0.39, 0.29) is 0 Å². The fraction of sp³-hybridized carbons (Fsp3) is 0.929. The van der Waals surface area contributed by atoms with Gasteiger partial charge in [0, 0.05) is 19.1 Å². The second-order valence-electron chi connectivity index (χ2n) is 6.22. The normalized spacial score (nSPS) is 41.4. The molecule has 1 heterocycles. The summed E-state index contributed by atoms with van der Waals surface area (Å²) in [5, 5.41) is 12.7. The van der Waals surface area contributed by atoms with Gasteiger partial charge in [-0.3, -0.25) is 9.69 Å². The number of likely N-dealkylation sites (tertiary alicyclic amines) is 1. The van der Waals surface area contributed by atoms with Gasteiger partial charge < -0.3 is 10.4 Å². The lowest BCUT2D eigenvalue weighted by Gasteiger charge is -2.28. The molecule has 0 aromatic rings.